The number of nitrogens with one attached hydrogen (secondary N) is 1. The third kappa shape index (κ3) is 7.20. The van der Waals surface area contributed by atoms with Gasteiger partial charge in [-0.15, -0.1) is 13.2 Å². The maximum atomic E-state index is 12.7. The van der Waals surface area contributed by atoms with Crippen molar-refractivity contribution in [3.63, 3.8) is 0 Å². The summed E-state index contributed by atoms with van der Waals surface area (Å²) in [7, 11) is -2.89. The predicted molar refractivity (Wildman–Crippen MR) is 239 cm³/mol. The summed E-state index contributed by atoms with van der Waals surface area (Å²) in [6.45, 7) is 24.8. The second-order valence-corrected chi connectivity index (χ2v) is 23.8. The van der Waals surface area contributed by atoms with E-state index in [-0.39, 0.29) is 38.7 Å². The molecule has 2 N–H and O–H groups in total. The molecule has 6 aliphatic carbocycles. The van der Waals surface area contributed by atoms with E-state index in [0.29, 0.717) is 61.4 Å². The molecule has 0 radical (unpaired) electrons. The Morgan fingerprint density at radius 1 is 1.02 bits per heavy atom. The molecule has 1 aromatic heterocycles. The Morgan fingerprint density at radius 3 is 2.47 bits per heavy atom. The highest BCUT2D eigenvalue weighted by molar-refractivity contribution is 7.91. The van der Waals surface area contributed by atoms with Gasteiger partial charge in [0.25, 0.3) is 0 Å². The Hall–Kier alpha value is -3.08. The van der Waals surface area contributed by atoms with Crippen LogP contribution in [0.15, 0.2) is 79.0 Å². The highest BCUT2D eigenvalue weighted by Gasteiger charge is 2.71. The Bertz CT molecular complexity index is 2030. The van der Waals surface area contributed by atoms with Gasteiger partial charge in [-0.3, -0.25) is 4.79 Å². The minimum absolute atomic E-state index is 0.0320. The molecule has 10 heteroatoms. The fourth-order valence-electron chi connectivity index (χ4n) is 15.6. The number of carbonyl (C=O) groups is 1. The van der Waals surface area contributed by atoms with E-state index in [4.69, 9.17) is 11.3 Å². The Balaban J connectivity index is 1.03. The lowest BCUT2D eigenvalue weighted by atomic mass is 9.32. The first kappa shape index (κ1) is 43.6. The van der Waals surface area contributed by atoms with Crippen molar-refractivity contribution in [1.82, 2.24) is 20.2 Å². The molecule has 0 bridgehead atoms. The number of nitrogens with zero attached hydrogens (tertiary/aromatic N) is 3. The Kier molecular flexibility index (Phi) is 11.6. The number of fused-ring (bicyclic) bond motifs is 7. The van der Waals surface area contributed by atoms with E-state index in [1.165, 1.54) is 80.7 Å². The Morgan fingerprint density at radius 2 is 1.80 bits per heavy atom. The van der Waals surface area contributed by atoms with E-state index in [9.17, 15) is 18.3 Å². The molecule has 4 saturated carbocycles. The highest BCUT2D eigenvalue weighted by atomic mass is 32.2. The molecular weight excluding hydrogens is 769 g/mol. The monoisotopic (exact) mass is 841 g/mol. The molecule has 328 valence electrons. The lowest BCUT2D eigenvalue weighted by Crippen LogP contribution is -2.68. The van der Waals surface area contributed by atoms with Gasteiger partial charge < -0.3 is 20.1 Å². The molecule has 3 unspecified atom stereocenters. The zero-order chi connectivity index (χ0) is 42.8. The molecule has 1 saturated heterocycles. The number of aromatic nitrogens is 2. The number of aliphatic carboxylic acids is 1. The predicted octanol–water partition coefficient (Wildman–Crippen LogP) is 9.37. The summed E-state index contributed by atoms with van der Waals surface area (Å²) in [5.41, 5.74) is 3.51. The summed E-state index contributed by atoms with van der Waals surface area (Å²) in [6, 6.07) is 1.66. The van der Waals surface area contributed by atoms with Crippen molar-refractivity contribution in [3.8, 4) is 5.88 Å². The number of sulfone groups is 1. The minimum atomic E-state index is -2.89. The zero-order valence-electron chi connectivity index (χ0n) is 37.2. The smallest absolute Gasteiger partial charge is 0.313 e. The van der Waals surface area contributed by atoms with E-state index < -0.39 is 21.2 Å². The molecule has 60 heavy (non-hydrogen) atoms. The standard InChI is InChI=1S/C50H72N4O5S/c1-8-49-22-23-50(53-26-27-54-28-31-60(57,58)32-29-54)21-13-37(33-35(2)3)43(50)39(49)9-10-41-46(6)17-14-38(45(4,5)40(46)15-18-47(41,49)7)36-11-19-48(20-12-36,44(55)56)24-30-59-42-16-25-51-34-52-42/h8,11,14,16,24-25,30,34,37,39-41,43,53H,1-2,9-10,12-13,15,17-23,26-29,31-33H2,3-7H3,(H,55,56)/b30-24+/t37-,39+,40?,41?,43?,46-,47+,48-,49+,50-/m0/s1. The van der Waals surface area contributed by atoms with Gasteiger partial charge in [0.2, 0.25) is 5.88 Å². The van der Waals surface area contributed by atoms with E-state index >= 15 is 0 Å². The topological polar surface area (TPSA) is 122 Å². The lowest BCUT2D eigenvalue weighted by Gasteiger charge is -2.72. The SMILES string of the molecule is C=C[C@@]12CC[C@@]3(NCCN4CCS(=O)(=O)CC4)CC[C@@H](CC(=C)C)C3[C@H]1CCC1[C@@]3(C)CC=C(C4=CC[C@](/C=C/Oc5ccncn5)(C(=O)O)CC4)C(C)(C)C3CC[C@]12C. The molecule has 0 aromatic carbocycles. The maximum Gasteiger partial charge on any atom is 0.313 e. The fraction of sp³-hybridized carbons (Fsp3) is 0.700. The minimum Gasteiger partial charge on any atom is -0.481 e. The number of carboxylic acids is 1. The van der Waals surface area contributed by atoms with Gasteiger partial charge >= 0.3 is 5.97 Å². The van der Waals surface area contributed by atoms with Crippen molar-refractivity contribution >= 4 is 15.8 Å². The number of carboxylic acid groups (broad SMARTS) is 1. The van der Waals surface area contributed by atoms with Gasteiger partial charge in [-0.2, -0.15) is 0 Å². The van der Waals surface area contributed by atoms with E-state index in [2.05, 4.69) is 79.6 Å². The summed E-state index contributed by atoms with van der Waals surface area (Å²) in [5, 5.41) is 14.7. The first-order valence-electron chi connectivity index (χ1n) is 23.1. The summed E-state index contributed by atoms with van der Waals surface area (Å²) in [5.74, 6) is 3.04. The number of hydrogen-bond donors (Lipinski definition) is 2. The molecule has 1 aliphatic heterocycles. The molecule has 10 atom stereocenters. The van der Waals surface area contributed by atoms with E-state index in [1.807, 2.05) is 0 Å². The van der Waals surface area contributed by atoms with Crippen LogP contribution in [0.25, 0.3) is 0 Å². The maximum absolute atomic E-state index is 12.7. The van der Waals surface area contributed by atoms with Crippen LogP contribution in [0.5, 0.6) is 5.88 Å². The molecular formula is C50H72N4O5S. The van der Waals surface area contributed by atoms with Crippen LogP contribution in [0, 0.1) is 56.7 Å². The van der Waals surface area contributed by atoms with Crippen molar-refractivity contribution in [3.05, 3.63) is 79.0 Å². The first-order chi connectivity index (χ1) is 28.4. The van der Waals surface area contributed by atoms with Crippen molar-refractivity contribution in [1.29, 1.82) is 0 Å². The average Bonchev–Trinajstić information content (AvgIpc) is 3.56. The number of allylic oxidation sites excluding steroid dienone is 6. The van der Waals surface area contributed by atoms with Crippen LogP contribution >= 0.6 is 0 Å². The van der Waals surface area contributed by atoms with Crippen LogP contribution in [0.3, 0.4) is 0 Å². The molecule has 7 aliphatic rings. The normalized spacial score (nSPS) is 40.9. The molecule has 5 fully saturated rings. The van der Waals surface area contributed by atoms with E-state index in [0.717, 1.165) is 32.4 Å². The Labute approximate surface area is 360 Å². The highest BCUT2D eigenvalue weighted by Crippen LogP contribution is 2.77. The van der Waals surface area contributed by atoms with Crippen LogP contribution in [0.4, 0.5) is 0 Å². The van der Waals surface area contributed by atoms with Crippen LogP contribution in [0.2, 0.25) is 0 Å². The van der Waals surface area contributed by atoms with Gasteiger partial charge in [0.15, 0.2) is 9.84 Å². The van der Waals surface area contributed by atoms with Gasteiger partial charge in [0, 0.05) is 44.0 Å². The third-order valence-electron chi connectivity index (χ3n) is 18.4. The second-order valence-electron chi connectivity index (χ2n) is 21.5. The second kappa shape index (κ2) is 15.9. The van der Waals surface area contributed by atoms with Gasteiger partial charge in [0.1, 0.15) is 6.33 Å². The van der Waals surface area contributed by atoms with Gasteiger partial charge in [-0.05, 0) is 159 Å². The van der Waals surface area contributed by atoms with Crippen LogP contribution in [0.1, 0.15) is 118 Å². The average molecular weight is 841 g/mol. The van der Waals surface area contributed by atoms with Crippen LogP contribution < -0.4 is 10.1 Å². The molecule has 2 heterocycles. The number of rotatable bonds is 12. The zero-order valence-corrected chi connectivity index (χ0v) is 38.0. The number of hydrogen-bond acceptors (Lipinski definition) is 8. The van der Waals surface area contributed by atoms with Crippen molar-refractivity contribution in [2.45, 2.75) is 124 Å². The lowest BCUT2D eigenvalue weighted by molar-refractivity contribution is -0.209. The summed E-state index contributed by atoms with van der Waals surface area (Å²) < 4.78 is 29.9. The fourth-order valence-corrected chi connectivity index (χ4v) is 16.9. The van der Waals surface area contributed by atoms with Crippen molar-refractivity contribution < 1.29 is 23.1 Å². The molecule has 0 amide bonds. The summed E-state index contributed by atoms with van der Waals surface area (Å²) in [6.07, 6.45) is 27.1. The van der Waals surface area contributed by atoms with Crippen molar-refractivity contribution in [2.75, 3.05) is 37.7 Å². The summed E-state index contributed by atoms with van der Waals surface area (Å²) in [4.78, 5) is 23.1. The molecule has 8 rings (SSSR count). The first-order valence-corrected chi connectivity index (χ1v) is 25.0. The third-order valence-corrected chi connectivity index (χ3v) is 20.0. The molecule has 0 spiro atoms. The molecule has 9 nitrogen and oxygen atoms in total. The summed E-state index contributed by atoms with van der Waals surface area (Å²) >= 11 is 0. The van der Waals surface area contributed by atoms with Crippen LogP contribution in [-0.4, -0.2) is 77.6 Å². The molecule has 1 aromatic rings. The van der Waals surface area contributed by atoms with Gasteiger partial charge in [-0.25, -0.2) is 18.4 Å². The van der Waals surface area contributed by atoms with Crippen molar-refractivity contribution in [2.24, 2.45) is 56.7 Å². The quantitative estimate of drug-likeness (QED) is 0.157. The van der Waals surface area contributed by atoms with E-state index in [1.54, 1.807) is 18.3 Å². The number of ether oxygens (including phenoxy) is 1. The largest absolute Gasteiger partial charge is 0.481 e. The van der Waals surface area contributed by atoms with Gasteiger partial charge in [-0.1, -0.05) is 51.5 Å². The van der Waals surface area contributed by atoms with Crippen LogP contribution in [-0.2, 0) is 14.6 Å². The van der Waals surface area contributed by atoms with Gasteiger partial charge in [0.05, 0.1) is 23.2 Å².